The molecular formula is C31H50O2. The van der Waals surface area contributed by atoms with Gasteiger partial charge in [-0.2, -0.15) is 0 Å². The van der Waals surface area contributed by atoms with Crippen LogP contribution in [0.3, 0.4) is 0 Å². The lowest BCUT2D eigenvalue weighted by atomic mass is 9.42. The molecule has 4 aliphatic carbocycles. The summed E-state index contributed by atoms with van der Waals surface area (Å²) in [6, 6.07) is 0. The average Bonchev–Trinajstić information content (AvgIpc) is 3.21. The van der Waals surface area contributed by atoms with E-state index in [1.807, 2.05) is 0 Å². The van der Waals surface area contributed by atoms with Crippen LogP contribution in [-0.2, 0) is 9.53 Å². The molecule has 0 bridgehead atoms. The van der Waals surface area contributed by atoms with Crippen LogP contribution in [0.25, 0.3) is 0 Å². The molecule has 2 nitrogen and oxygen atoms in total. The van der Waals surface area contributed by atoms with Crippen molar-refractivity contribution in [1.29, 1.82) is 0 Å². The Kier molecular flexibility index (Phi) is 5.26. The quantitative estimate of drug-likeness (QED) is 0.422. The number of ether oxygens (including phenoxy) is 1. The largest absolute Gasteiger partial charge is 0.372 e. The van der Waals surface area contributed by atoms with E-state index in [0.29, 0.717) is 29.6 Å². The van der Waals surface area contributed by atoms with Crippen LogP contribution >= 0.6 is 0 Å². The first kappa shape index (κ1) is 24.1. The summed E-state index contributed by atoms with van der Waals surface area (Å²) in [4.78, 5) is 13.6. The van der Waals surface area contributed by atoms with Gasteiger partial charge >= 0.3 is 0 Å². The van der Waals surface area contributed by atoms with Gasteiger partial charge in [0, 0.05) is 5.92 Å². The maximum absolute atomic E-state index is 13.6. The SMILES string of the molecule is C[C@@H]1C[C@H]2C(=O)C=C3C(CC[C@]4(C)[C@@H](C(C)(C)C5CCC(C)(C)O5)CC[C@@]34C)[C@@]2(C)C[C@@H]1C. The normalized spacial score (nSPS) is 51.5. The van der Waals surface area contributed by atoms with Gasteiger partial charge in [0.2, 0.25) is 0 Å². The highest BCUT2D eigenvalue weighted by Crippen LogP contribution is 2.74. The van der Waals surface area contributed by atoms with Crippen LogP contribution in [0.4, 0.5) is 0 Å². The molecule has 1 heterocycles. The third-order valence-corrected chi connectivity index (χ3v) is 12.7. The molecule has 186 valence electrons. The minimum Gasteiger partial charge on any atom is -0.372 e. The Bertz CT molecular complexity index is 866. The summed E-state index contributed by atoms with van der Waals surface area (Å²) < 4.78 is 6.65. The summed E-state index contributed by atoms with van der Waals surface area (Å²) in [7, 11) is 0. The Hall–Kier alpha value is -0.630. The van der Waals surface area contributed by atoms with Crippen LogP contribution in [0.2, 0.25) is 0 Å². The Balaban J connectivity index is 1.51. The second-order valence-electron chi connectivity index (χ2n) is 15.1. The van der Waals surface area contributed by atoms with E-state index in [0.717, 1.165) is 12.3 Å². The molecule has 0 radical (unpaired) electrons. The zero-order valence-electron chi connectivity index (χ0n) is 23.0. The molecule has 3 saturated carbocycles. The van der Waals surface area contributed by atoms with Crippen molar-refractivity contribution >= 4 is 5.78 Å². The fourth-order valence-corrected chi connectivity index (χ4v) is 10.2. The van der Waals surface area contributed by atoms with Crippen molar-refractivity contribution < 1.29 is 9.53 Å². The number of fused-ring (bicyclic) bond motifs is 5. The van der Waals surface area contributed by atoms with Crippen molar-refractivity contribution in [3.05, 3.63) is 11.6 Å². The van der Waals surface area contributed by atoms with Gasteiger partial charge in [-0.1, -0.05) is 54.0 Å². The lowest BCUT2D eigenvalue weighted by Gasteiger charge is -2.62. The Morgan fingerprint density at radius 1 is 0.909 bits per heavy atom. The molecule has 0 aromatic rings. The fraction of sp³-hybridized carbons (Fsp3) is 0.903. The van der Waals surface area contributed by atoms with Crippen LogP contribution in [0.15, 0.2) is 11.6 Å². The van der Waals surface area contributed by atoms with E-state index in [9.17, 15) is 4.79 Å². The number of allylic oxidation sites excluding steroid dienone is 2. The third-order valence-electron chi connectivity index (χ3n) is 12.7. The molecule has 1 aliphatic heterocycles. The molecule has 9 atom stereocenters. The second-order valence-corrected chi connectivity index (χ2v) is 15.1. The Morgan fingerprint density at radius 2 is 1.61 bits per heavy atom. The topological polar surface area (TPSA) is 26.3 Å². The number of hydrogen-bond donors (Lipinski definition) is 0. The molecule has 0 aromatic carbocycles. The number of ketones is 1. The average molecular weight is 455 g/mol. The lowest BCUT2D eigenvalue weighted by molar-refractivity contribution is -0.138. The summed E-state index contributed by atoms with van der Waals surface area (Å²) >= 11 is 0. The van der Waals surface area contributed by atoms with Crippen LogP contribution in [0, 0.1) is 51.2 Å². The maximum atomic E-state index is 13.6. The first-order valence-corrected chi connectivity index (χ1v) is 14.1. The Labute approximate surface area is 203 Å². The summed E-state index contributed by atoms with van der Waals surface area (Å²) in [5, 5.41) is 0. The van der Waals surface area contributed by atoms with Gasteiger partial charge in [0.05, 0.1) is 11.7 Å². The van der Waals surface area contributed by atoms with E-state index in [2.05, 4.69) is 68.4 Å². The van der Waals surface area contributed by atoms with Crippen molar-refractivity contribution in [3.63, 3.8) is 0 Å². The fourth-order valence-electron chi connectivity index (χ4n) is 10.2. The van der Waals surface area contributed by atoms with Crippen molar-refractivity contribution in [2.24, 2.45) is 51.2 Å². The predicted octanol–water partition coefficient (Wildman–Crippen LogP) is 8.00. The van der Waals surface area contributed by atoms with Crippen LogP contribution in [-0.4, -0.2) is 17.5 Å². The van der Waals surface area contributed by atoms with Crippen molar-refractivity contribution in [2.45, 2.75) is 125 Å². The van der Waals surface area contributed by atoms with Crippen LogP contribution in [0.5, 0.6) is 0 Å². The van der Waals surface area contributed by atoms with E-state index in [1.165, 1.54) is 44.9 Å². The van der Waals surface area contributed by atoms with E-state index in [1.54, 1.807) is 5.57 Å². The molecule has 0 N–H and O–H groups in total. The molecular weight excluding hydrogens is 404 g/mol. The molecule has 5 aliphatic rings. The van der Waals surface area contributed by atoms with Gasteiger partial charge in [0.1, 0.15) is 0 Å². The summed E-state index contributed by atoms with van der Waals surface area (Å²) in [6.07, 6.45) is 12.3. The molecule has 33 heavy (non-hydrogen) atoms. The van der Waals surface area contributed by atoms with Crippen LogP contribution < -0.4 is 0 Å². The molecule has 0 amide bonds. The number of carbonyl (C=O) groups excluding carboxylic acids is 1. The standard InChI is InChI=1S/C31H50O2/c1-19-16-23-24(32)17-22-21(29(23,7)18-20(19)2)10-14-31(9)25(11-15-30(22,31)8)28(5,6)26-12-13-27(3,4)33-26/h17,19-21,23,25-26H,10-16,18H2,1-9H3/t19-,20+,21?,23+,25-,26?,29-,30+,31-/m1/s1. The molecule has 2 unspecified atom stereocenters. The predicted molar refractivity (Wildman–Crippen MR) is 136 cm³/mol. The van der Waals surface area contributed by atoms with Crippen molar-refractivity contribution in [1.82, 2.24) is 0 Å². The van der Waals surface area contributed by atoms with E-state index >= 15 is 0 Å². The zero-order chi connectivity index (χ0) is 24.2. The minimum atomic E-state index is 0.0130. The van der Waals surface area contributed by atoms with Gasteiger partial charge in [0.25, 0.3) is 0 Å². The molecule has 0 aromatic heterocycles. The van der Waals surface area contributed by atoms with Gasteiger partial charge in [-0.25, -0.2) is 0 Å². The lowest BCUT2D eigenvalue weighted by Crippen LogP contribution is -2.57. The van der Waals surface area contributed by atoms with Gasteiger partial charge in [0.15, 0.2) is 5.78 Å². The third kappa shape index (κ3) is 3.17. The zero-order valence-corrected chi connectivity index (χ0v) is 23.0. The minimum absolute atomic E-state index is 0.0130. The molecule has 0 spiro atoms. The van der Waals surface area contributed by atoms with E-state index in [-0.39, 0.29) is 33.2 Å². The van der Waals surface area contributed by atoms with Gasteiger partial charge in [-0.15, -0.1) is 0 Å². The smallest absolute Gasteiger partial charge is 0.159 e. The first-order valence-electron chi connectivity index (χ1n) is 14.1. The molecule has 2 heteroatoms. The van der Waals surface area contributed by atoms with Gasteiger partial charge in [-0.05, 0) is 117 Å². The maximum Gasteiger partial charge on any atom is 0.159 e. The van der Waals surface area contributed by atoms with Gasteiger partial charge < -0.3 is 4.74 Å². The monoisotopic (exact) mass is 454 g/mol. The number of hydrogen-bond acceptors (Lipinski definition) is 2. The van der Waals surface area contributed by atoms with Crippen molar-refractivity contribution in [2.75, 3.05) is 0 Å². The number of carbonyl (C=O) groups is 1. The van der Waals surface area contributed by atoms with E-state index < -0.39 is 0 Å². The summed E-state index contributed by atoms with van der Waals surface area (Å²) in [5.41, 5.74) is 2.26. The molecule has 4 fully saturated rings. The second kappa shape index (κ2) is 7.21. The highest BCUT2D eigenvalue weighted by molar-refractivity contribution is 5.94. The molecule has 5 rings (SSSR count). The Morgan fingerprint density at radius 3 is 2.24 bits per heavy atom. The first-order chi connectivity index (χ1) is 15.2. The van der Waals surface area contributed by atoms with Crippen LogP contribution in [0.1, 0.15) is 114 Å². The molecule has 1 saturated heterocycles. The number of rotatable bonds is 2. The summed E-state index contributed by atoms with van der Waals surface area (Å²) in [6.45, 7) is 21.9. The summed E-state index contributed by atoms with van der Waals surface area (Å²) in [5.74, 6) is 3.32. The highest BCUT2D eigenvalue weighted by Gasteiger charge is 2.67. The van der Waals surface area contributed by atoms with Gasteiger partial charge in [-0.3, -0.25) is 4.79 Å². The van der Waals surface area contributed by atoms with Crippen molar-refractivity contribution in [3.8, 4) is 0 Å². The van der Waals surface area contributed by atoms with E-state index in [4.69, 9.17) is 4.74 Å². The highest BCUT2D eigenvalue weighted by atomic mass is 16.5.